The molecule has 24 heavy (non-hydrogen) atoms. The topological polar surface area (TPSA) is 55.3 Å². The van der Waals surface area contributed by atoms with Crippen molar-refractivity contribution in [1.29, 1.82) is 0 Å². The van der Waals surface area contributed by atoms with E-state index in [0.29, 0.717) is 25.1 Å². The molecule has 1 saturated heterocycles. The van der Waals surface area contributed by atoms with Crippen LogP contribution in [0.3, 0.4) is 0 Å². The number of hydrogen-bond acceptors (Lipinski definition) is 4. The molecule has 1 fully saturated rings. The molecule has 0 aromatic carbocycles. The standard InChI is InChI=1S/C16H14F3N3O2/c17-16(18,19)12-3-6-21-14(8-12)24-13-4-7-22(10-13)15(23)11-2-1-5-20-9-11/h1-3,5-6,8-9,13H,4,7,10H2/t13-/m1/s1. The Labute approximate surface area is 136 Å². The smallest absolute Gasteiger partial charge is 0.416 e. The van der Waals surface area contributed by atoms with Crippen molar-refractivity contribution >= 4 is 5.91 Å². The van der Waals surface area contributed by atoms with Crippen LogP contribution in [-0.2, 0) is 6.18 Å². The first-order valence-electron chi connectivity index (χ1n) is 7.33. The van der Waals surface area contributed by atoms with Crippen LogP contribution in [0.15, 0.2) is 42.9 Å². The highest BCUT2D eigenvalue weighted by Gasteiger charge is 2.32. The van der Waals surface area contributed by atoms with E-state index in [1.807, 2.05) is 0 Å². The number of rotatable bonds is 3. The zero-order valence-corrected chi connectivity index (χ0v) is 12.5. The highest BCUT2D eigenvalue weighted by molar-refractivity contribution is 5.94. The van der Waals surface area contributed by atoms with Gasteiger partial charge in [0, 0.05) is 37.6 Å². The Hall–Kier alpha value is -2.64. The Balaban J connectivity index is 1.64. The van der Waals surface area contributed by atoms with Crippen LogP contribution in [0.1, 0.15) is 22.3 Å². The van der Waals surface area contributed by atoms with Crippen LogP contribution in [0, 0.1) is 0 Å². The second-order valence-corrected chi connectivity index (χ2v) is 5.40. The van der Waals surface area contributed by atoms with E-state index >= 15 is 0 Å². The first-order chi connectivity index (χ1) is 11.4. The third kappa shape index (κ3) is 3.64. The summed E-state index contributed by atoms with van der Waals surface area (Å²) in [7, 11) is 0. The Bertz CT molecular complexity index is 722. The Kier molecular flexibility index (Phi) is 4.37. The van der Waals surface area contributed by atoms with E-state index in [1.54, 1.807) is 23.2 Å². The molecule has 2 aromatic rings. The number of alkyl halides is 3. The molecule has 1 amide bonds. The molecule has 1 aliphatic heterocycles. The first kappa shape index (κ1) is 16.2. The van der Waals surface area contributed by atoms with Crippen LogP contribution in [0.4, 0.5) is 13.2 Å². The number of amides is 1. The maximum absolute atomic E-state index is 12.7. The van der Waals surface area contributed by atoms with Gasteiger partial charge in [-0.3, -0.25) is 9.78 Å². The third-order valence-electron chi connectivity index (χ3n) is 3.69. The van der Waals surface area contributed by atoms with Gasteiger partial charge in [0.25, 0.3) is 5.91 Å². The second-order valence-electron chi connectivity index (χ2n) is 5.40. The number of likely N-dealkylation sites (tertiary alicyclic amines) is 1. The highest BCUT2D eigenvalue weighted by atomic mass is 19.4. The quantitative estimate of drug-likeness (QED) is 0.864. The number of aromatic nitrogens is 2. The van der Waals surface area contributed by atoms with Gasteiger partial charge in [0.15, 0.2) is 0 Å². The summed E-state index contributed by atoms with van der Waals surface area (Å²) in [6.07, 6.45) is -0.188. The Morgan fingerprint density at radius 3 is 2.83 bits per heavy atom. The van der Waals surface area contributed by atoms with E-state index < -0.39 is 11.7 Å². The zero-order valence-electron chi connectivity index (χ0n) is 12.5. The van der Waals surface area contributed by atoms with Crippen molar-refractivity contribution in [3.63, 3.8) is 0 Å². The maximum atomic E-state index is 12.7. The van der Waals surface area contributed by atoms with E-state index in [-0.39, 0.29) is 17.9 Å². The molecule has 0 N–H and O–H groups in total. The van der Waals surface area contributed by atoms with Gasteiger partial charge in [-0.25, -0.2) is 4.98 Å². The van der Waals surface area contributed by atoms with Gasteiger partial charge in [-0.2, -0.15) is 13.2 Å². The monoisotopic (exact) mass is 337 g/mol. The lowest BCUT2D eigenvalue weighted by molar-refractivity contribution is -0.137. The molecule has 3 heterocycles. The van der Waals surface area contributed by atoms with Gasteiger partial charge in [0.1, 0.15) is 6.10 Å². The number of pyridine rings is 2. The number of ether oxygens (including phenoxy) is 1. The van der Waals surface area contributed by atoms with Crippen LogP contribution >= 0.6 is 0 Å². The van der Waals surface area contributed by atoms with Crippen LogP contribution < -0.4 is 4.74 Å². The summed E-state index contributed by atoms with van der Waals surface area (Å²) in [6.45, 7) is 0.767. The summed E-state index contributed by atoms with van der Waals surface area (Å²) >= 11 is 0. The van der Waals surface area contributed by atoms with Gasteiger partial charge >= 0.3 is 6.18 Å². The van der Waals surface area contributed by atoms with Crippen molar-refractivity contribution in [2.45, 2.75) is 18.7 Å². The van der Waals surface area contributed by atoms with Gasteiger partial charge < -0.3 is 9.64 Å². The number of hydrogen-bond donors (Lipinski definition) is 0. The first-order valence-corrected chi connectivity index (χ1v) is 7.33. The predicted molar refractivity (Wildman–Crippen MR) is 78.4 cm³/mol. The Morgan fingerprint density at radius 2 is 2.12 bits per heavy atom. The molecule has 0 aliphatic carbocycles. The van der Waals surface area contributed by atoms with Crippen molar-refractivity contribution in [2.24, 2.45) is 0 Å². The van der Waals surface area contributed by atoms with Crippen LogP contribution in [-0.4, -0.2) is 40.0 Å². The molecule has 126 valence electrons. The average molecular weight is 337 g/mol. The minimum atomic E-state index is -4.45. The van der Waals surface area contributed by atoms with Crippen molar-refractivity contribution in [2.75, 3.05) is 13.1 Å². The van der Waals surface area contributed by atoms with E-state index in [1.165, 1.54) is 6.20 Å². The highest BCUT2D eigenvalue weighted by Crippen LogP contribution is 2.31. The molecule has 2 aromatic heterocycles. The lowest BCUT2D eigenvalue weighted by atomic mass is 10.2. The predicted octanol–water partition coefficient (Wildman–Crippen LogP) is 2.79. The van der Waals surface area contributed by atoms with Crippen molar-refractivity contribution in [3.05, 3.63) is 54.0 Å². The summed E-state index contributed by atoms with van der Waals surface area (Å²) in [4.78, 5) is 21.6. The van der Waals surface area contributed by atoms with Crippen LogP contribution in [0.25, 0.3) is 0 Å². The minimum Gasteiger partial charge on any atom is -0.472 e. The molecule has 0 spiro atoms. The fourth-order valence-corrected chi connectivity index (χ4v) is 2.50. The fraction of sp³-hybridized carbons (Fsp3) is 0.312. The van der Waals surface area contributed by atoms with Gasteiger partial charge in [-0.1, -0.05) is 0 Å². The molecule has 5 nitrogen and oxygen atoms in total. The molecule has 1 aliphatic rings. The molecule has 0 saturated carbocycles. The molecule has 0 bridgehead atoms. The lowest BCUT2D eigenvalue weighted by Gasteiger charge is -2.17. The molecule has 0 unspecified atom stereocenters. The zero-order chi connectivity index (χ0) is 17.2. The number of carbonyl (C=O) groups excluding carboxylic acids is 1. The SMILES string of the molecule is O=C(c1cccnc1)N1CC[C@@H](Oc2cc(C(F)(F)F)ccn2)C1. The summed E-state index contributed by atoms with van der Waals surface area (Å²) < 4.78 is 43.6. The molecule has 1 atom stereocenters. The number of halogens is 3. The van der Waals surface area contributed by atoms with E-state index in [0.717, 1.165) is 18.3 Å². The summed E-state index contributed by atoms with van der Waals surface area (Å²) in [5.74, 6) is -0.267. The molecule has 0 radical (unpaired) electrons. The summed E-state index contributed by atoms with van der Waals surface area (Å²) in [6, 6.07) is 5.09. The lowest BCUT2D eigenvalue weighted by Crippen LogP contribution is -2.31. The summed E-state index contributed by atoms with van der Waals surface area (Å²) in [5.41, 5.74) is -0.343. The van der Waals surface area contributed by atoms with Gasteiger partial charge in [-0.05, 0) is 18.2 Å². The van der Waals surface area contributed by atoms with Gasteiger partial charge in [-0.15, -0.1) is 0 Å². The summed E-state index contributed by atoms with van der Waals surface area (Å²) in [5, 5.41) is 0. The van der Waals surface area contributed by atoms with Gasteiger partial charge in [0.2, 0.25) is 5.88 Å². The van der Waals surface area contributed by atoms with Crippen molar-refractivity contribution in [3.8, 4) is 5.88 Å². The molecule has 8 heteroatoms. The Morgan fingerprint density at radius 1 is 1.29 bits per heavy atom. The fourth-order valence-electron chi connectivity index (χ4n) is 2.50. The average Bonchev–Trinajstić information content (AvgIpc) is 3.03. The minimum absolute atomic E-state index is 0.0921. The van der Waals surface area contributed by atoms with E-state index in [9.17, 15) is 18.0 Å². The van der Waals surface area contributed by atoms with Crippen LogP contribution in [0.2, 0.25) is 0 Å². The molecular weight excluding hydrogens is 323 g/mol. The van der Waals surface area contributed by atoms with Gasteiger partial charge in [0.05, 0.1) is 17.7 Å². The largest absolute Gasteiger partial charge is 0.472 e. The molecule has 3 rings (SSSR count). The molecular formula is C16H14F3N3O2. The van der Waals surface area contributed by atoms with E-state index in [2.05, 4.69) is 9.97 Å². The van der Waals surface area contributed by atoms with Crippen molar-refractivity contribution in [1.82, 2.24) is 14.9 Å². The van der Waals surface area contributed by atoms with E-state index in [4.69, 9.17) is 4.74 Å². The van der Waals surface area contributed by atoms with Crippen LogP contribution in [0.5, 0.6) is 5.88 Å². The number of carbonyl (C=O) groups is 1. The maximum Gasteiger partial charge on any atom is 0.416 e. The third-order valence-corrected chi connectivity index (χ3v) is 3.69. The van der Waals surface area contributed by atoms with Crippen molar-refractivity contribution < 1.29 is 22.7 Å². The normalized spacial score (nSPS) is 17.8. The number of nitrogens with zero attached hydrogens (tertiary/aromatic N) is 3. The second kappa shape index (κ2) is 6.46.